The fourth-order valence-corrected chi connectivity index (χ4v) is 2.78. The van der Waals surface area contributed by atoms with Gasteiger partial charge in [-0.1, -0.05) is 18.2 Å². The van der Waals surface area contributed by atoms with Gasteiger partial charge in [-0.3, -0.25) is 15.2 Å². The maximum Gasteiger partial charge on any atom is 0.307 e. The summed E-state index contributed by atoms with van der Waals surface area (Å²) in [5.74, 6) is -0.754. The lowest BCUT2D eigenvalue weighted by Crippen LogP contribution is -2.02. The number of ether oxygens (including phenoxy) is 1. The van der Waals surface area contributed by atoms with Gasteiger partial charge in [-0.25, -0.2) is 9.97 Å². The highest BCUT2D eigenvalue weighted by molar-refractivity contribution is 5.91. The number of H-pyrrole nitrogens is 1. The Morgan fingerprint density at radius 1 is 1.25 bits per heavy atom. The average molecular weight is 380 g/mol. The molecule has 10 heteroatoms. The first-order valence-electron chi connectivity index (χ1n) is 8.12. The molecule has 0 radical (unpaired) electrons. The summed E-state index contributed by atoms with van der Waals surface area (Å²) in [5, 5.41) is 22.0. The number of hydrogen-bond donors (Lipinski definition) is 2. The second-order valence-electron chi connectivity index (χ2n) is 5.77. The number of nitrogens with one attached hydrogen (secondary N) is 2. The summed E-state index contributed by atoms with van der Waals surface area (Å²) in [6, 6.07) is 11.3. The molecule has 2 aromatic heterocycles. The second kappa shape index (κ2) is 6.91. The van der Waals surface area contributed by atoms with Gasteiger partial charge in [0, 0.05) is 23.7 Å². The quantitative estimate of drug-likeness (QED) is 0.399. The molecule has 0 atom stereocenters. The van der Waals surface area contributed by atoms with Crippen LogP contribution in [0.15, 0.2) is 48.7 Å². The number of methoxy groups -OCH3 is 1. The van der Waals surface area contributed by atoms with E-state index in [2.05, 4.69) is 25.5 Å². The molecule has 2 N–H and O–H groups in total. The highest BCUT2D eigenvalue weighted by atomic mass is 19.1. The molecule has 0 spiro atoms. The van der Waals surface area contributed by atoms with E-state index in [4.69, 9.17) is 4.74 Å². The normalized spacial score (nSPS) is 10.8. The van der Waals surface area contributed by atoms with E-state index in [1.165, 1.54) is 13.3 Å². The van der Waals surface area contributed by atoms with E-state index < -0.39 is 16.4 Å². The molecule has 2 heterocycles. The lowest BCUT2D eigenvalue weighted by Gasteiger charge is -2.10. The van der Waals surface area contributed by atoms with Gasteiger partial charge in [-0.15, -0.1) is 0 Å². The van der Waals surface area contributed by atoms with Gasteiger partial charge in [0.15, 0.2) is 0 Å². The number of nitrogens with zero attached hydrogens (tertiary/aromatic N) is 4. The van der Waals surface area contributed by atoms with Crippen molar-refractivity contribution in [3.05, 3.63) is 64.6 Å². The van der Waals surface area contributed by atoms with Crippen molar-refractivity contribution in [2.45, 2.75) is 0 Å². The molecular formula is C18H13FN6O3. The topological polar surface area (TPSA) is 119 Å². The Morgan fingerprint density at radius 2 is 2.07 bits per heavy atom. The Labute approximate surface area is 157 Å². The average Bonchev–Trinajstić information content (AvgIpc) is 3.13. The molecule has 4 rings (SSSR count). The van der Waals surface area contributed by atoms with E-state index in [-0.39, 0.29) is 17.4 Å². The first-order valence-corrected chi connectivity index (χ1v) is 8.12. The van der Waals surface area contributed by atoms with Gasteiger partial charge < -0.3 is 10.1 Å². The fraction of sp³-hybridized carbons (Fsp3) is 0.0556. The monoisotopic (exact) mass is 380 g/mol. The number of para-hydroxylation sites is 1. The van der Waals surface area contributed by atoms with E-state index in [1.807, 2.05) is 24.3 Å². The van der Waals surface area contributed by atoms with Crippen LogP contribution in [0, 0.1) is 15.9 Å². The molecule has 0 fully saturated rings. The highest BCUT2D eigenvalue weighted by Gasteiger charge is 2.20. The van der Waals surface area contributed by atoms with Crippen LogP contribution < -0.4 is 10.1 Å². The number of aromatic nitrogens is 4. The molecule has 9 nitrogen and oxygen atoms in total. The molecule has 0 aliphatic rings. The van der Waals surface area contributed by atoms with Crippen molar-refractivity contribution >= 4 is 28.2 Å². The largest absolute Gasteiger partial charge is 0.494 e. The fourth-order valence-electron chi connectivity index (χ4n) is 2.78. The number of fused-ring (bicyclic) bond motifs is 1. The number of hydrogen-bond acceptors (Lipinski definition) is 7. The zero-order chi connectivity index (χ0) is 19.7. The summed E-state index contributed by atoms with van der Waals surface area (Å²) in [4.78, 5) is 18.7. The van der Waals surface area contributed by atoms with Gasteiger partial charge in [-0.05, 0) is 12.1 Å². The van der Waals surface area contributed by atoms with E-state index in [9.17, 15) is 14.5 Å². The molecule has 0 unspecified atom stereocenters. The number of nitro groups is 1. The van der Waals surface area contributed by atoms with Crippen LogP contribution in [-0.4, -0.2) is 32.2 Å². The standard InChI is InChI=1S/C18H13FN6O3/c1-28-16-8-11(19)15(25(26)27)9-14(16)22-18-20-7-6-13(21-18)17-10-4-2-3-5-12(10)23-24-17/h2-9H,1H3,(H,23,24)(H,20,21,22). The molecule has 2 aromatic carbocycles. The molecule has 4 aromatic rings. The van der Waals surface area contributed by atoms with Crippen LogP contribution >= 0.6 is 0 Å². The predicted molar refractivity (Wildman–Crippen MR) is 100 cm³/mol. The first kappa shape index (κ1) is 17.3. The third kappa shape index (κ3) is 3.07. The van der Waals surface area contributed by atoms with Crippen molar-refractivity contribution in [3.8, 4) is 17.1 Å². The van der Waals surface area contributed by atoms with Gasteiger partial charge >= 0.3 is 5.69 Å². The molecule has 0 saturated heterocycles. The highest BCUT2D eigenvalue weighted by Crippen LogP contribution is 2.33. The molecular weight excluding hydrogens is 367 g/mol. The SMILES string of the molecule is COc1cc(F)c([N+](=O)[O-])cc1Nc1nccc(-c2n[nH]c3ccccc23)n1. The predicted octanol–water partition coefficient (Wildman–Crippen LogP) is 3.82. The summed E-state index contributed by atoms with van der Waals surface area (Å²) in [6.45, 7) is 0. The van der Waals surface area contributed by atoms with Crippen molar-refractivity contribution in [2.75, 3.05) is 12.4 Å². The van der Waals surface area contributed by atoms with Crippen LogP contribution in [0.4, 0.5) is 21.7 Å². The lowest BCUT2D eigenvalue weighted by atomic mass is 10.1. The minimum Gasteiger partial charge on any atom is -0.494 e. The Morgan fingerprint density at radius 3 is 2.86 bits per heavy atom. The zero-order valence-corrected chi connectivity index (χ0v) is 14.5. The van der Waals surface area contributed by atoms with Crippen LogP contribution in [0.5, 0.6) is 5.75 Å². The Kier molecular flexibility index (Phi) is 4.28. The van der Waals surface area contributed by atoms with Crippen LogP contribution in [-0.2, 0) is 0 Å². The van der Waals surface area contributed by atoms with Gasteiger partial charge in [0.1, 0.15) is 11.4 Å². The number of rotatable bonds is 5. The second-order valence-corrected chi connectivity index (χ2v) is 5.77. The van der Waals surface area contributed by atoms with Gasteiger partial charge in [0.05, 0.1) is 28.9 Å². The van der Waals surface area contributed by atoms with Crippen molar-refractivity contribution in [1.29, 1.82) is 0 Å². The van der Waals surface area contributed by atoms with E-state index in [1.54, 1.807) is 6.07 Å². The number of benzene rings is 2. The van der Waals surface area contributed by atoms with E-state index in [0.29, 0.717) is 11.4 Å². The maximum atomic E-state index is 13.8. The summed E-state index contributed by atoms with van der Waals surface area (Å²) >= 11 is 0. The lowest BCUT2D eigenvalue weighted by molar-refractivity contribution is -0.387. The van der Waals surface area contributed by atoms with Crippen molar-refractivity contribution < 1.29 is 14.1 Å². The third-order valence-electron chi connectivity index (χ3n) is 4.08. The minimum absolute atomic E-state index is 0.0855. The van der Waals surface area contributed by atoms with Crippen molar-refractivity contribution in [1.82, 2.24) is 20.2 Å². The van der Waals surface area contributed by atoms with Gasteiger partial charge in [-0.2, -0.15) is 9.49 Å². The number of anilines is 2. The van der Waals surface area contributed by atoms with Crippen LogP contribution in [0.3, 0.4) is 0 Å². The van der Waals surface area contributed by atoms with Gasteiger partial charge in [0.25, 0.3) is 0 Å². The van der Waals surface area contributed by atoms with Crippen LogP contribution in [0.2, 0.25) is 0 Å². The summed E-state index contributed by atoms with van der Waals surface area (Å²) in [6.07, 6.45) is 1.53. The molecule has 0 amide bonds. The minimum atomic E-state index is -0.995. The summed E-state index contributed by atoms with van der Waals surface area (Å²) < 4.78 is 18.9. The Hall–Kier alpha value is -4.08. The summed E-state index contributed by atoms with van der Waals surface area (Å²) in [5.41, 5.74) is 1.53. The molecule has 140 valence electrons. The van der Waals surface area contributed by atoms with E-state index >= 15 is 0 Å². The van der Waals surface area contributed by atoms with Crippen molar-refractivity contribution in [2.24, 2.45) is 0 Å². The van der Waals surface area contributed by atoms with Crippen LogP contribution in [0.25, 0.3) is 22.3 Å². The van der Waals surface area contributed by atoms with Gasteiger partial charge in [0.2, 0.25) is 11.8 Å². The molecule has 0 aliphatic carbocycles. The Balaban J connectivity index is 1.73. The number of nitro benzene ring substituents is 1. The number of halogens is 1. The maximum absolute atomic E-state index is 13.8. The smallest absolute Gasteiger partial charge is 0.307 e. The first-order chi connectivity index (χ1) is 13.6. The van der Waals surface area contributed by atoms with E-state index in [0.717, 1.165) is 23.0 Å². The molecule has 0 saturated carbocycles. The summed E-state index contributed by atoms with van der Waals surface area (Å²) in [7, 11) is 1.33. The molecule has 28 heavy (non-hydrogen) atoms. The Bertz CT molecular complexity index is 1190. The van der Waals surface area contributed by atoms with Crippen molar-refractivity contribution in [3.63, 3.8) is 0 Å². The molecule has 0 aliphatic heterocycles. The van der Waals surface area contributed by atoms with Crippen LogP contribution in [0.1, 0.15) is 0 Å². The zero-order valence-electron chi connectivity index (χ0n) is 14.5. The molecule has 0 bridgehead atoms. The third-order valence-corrected chi connectivity index (χ3v) is 4.08. The number of aromatic amines is 1.